The molecule has 1 aliphatic rings. The molecule has 0 bridgehead atoms. The zero-order valence-electron chi connectivity index (χ0n) is 24.4. The molecule has 11 heteroatoms. The van der Waals surface area contributed by atoms with Gasteiger partial charge in [0.1, 0.15) is 47.3 Å². The van der Waals surface area contributed by atoms with Crippen molar-refractivity contribution in [3.63, 3.8) is 0 Å². The first-order chi connectivity index (χ1) is 21.8. The number of rotatable bonds is 9. The number of ether oxygens (including phenoxy) is 2. The molecule has 0 radical (unpaired) electrons. The van der Waals surface area contributed by atoms with Crippen molar-refractivity contribution in [2.75, 3.05) is 0 Å². The smallest absolute Gasteiger partial charge is 0.339 e. The molecule has 2 atom stereocenters. The highest BCUT2D eigenvalue weighted by molar-refractivity contribution is 14.1. The summed E-state index contributed by atoms with van der Waals surface area (Å²) in [7, 11) is 0. The van der Waals surface area contributed by atoms with Gasteiger partial charge in [-0.3, -0.25) is 0 Å². The number of carbonyl (C=O) groups is 1. The minimum atomic E-state index is -0.986. The van der Waals surface area contributed by atoms with Gasteiger partial charge in [0.15, 0.2) is 0 Å². The Morgan fingerprint density at radius 1 is 0.889 bits per heavy atom. The van der Waals surface area contributed by atoms with E-state index in [0.29, 0.717) is 47.4 Å². The van der Waals surface area contributed by atoms with Crippen LogP contribution < -0.4 is 4.74 Å². The largest absolute Gasteiger partial charge is 0.489 e. The van der Waals surface area contributed by atoms with Crippen LogP contribution in [0.3, 0.4) is 0 Å². The Labute approximate surface area is 272 Å². The number of carboxylic acids is 1. The number of oxazole rings is 2. The Hall–Kier alpha value is -4.10. The van der Waals surface area contributed by atoms with Crippen molar-refractivity contribution in [3.8, 4) is 28.7 Å². The SMILES string of the molecule is Cc1cccc(O[C@@H]2CCC[C@H](OCc3coc(-c4ccc(F)cc4)n3)C2)c1C(=O)O.Fc1ccc(-c2nc(CI)co2)cc1. The number of hydrogen-bond acceptors (Lipinski definition) is 7. The lowest BCUT2D eigenvalue weighted by Gasteiger charge is -2.30. The second-order valence-corrected chi connectivity index (χ2v) is 11.3. The van der Waals surface area contributed by atoms with Gasteiger partial charge < -0.3 is 23.4 Å². The molecule has 5 aromatic rings. The minimum absolute atomic E-state index is 0.0113. The molecule has 6 rings (SSSR count). The molecular weight excluding hydrogens is 697 g/mol. The predicted octanol–water partition coefficient (Wildman–Crippen LogP) is 8.81. The topological polar surface area (TPSA) is 108 Å². The zero-order chi connectivity index (χ0) is 31.8. The Morgan fingerprint density at radius 3 is 2.04 bits per heavy atom. The Balaban J connectivity index is 0.000000238. The average Bonchev–Trinajstić information content (AvgIpc) is 3.72. The fourth-order valence-electron chi connectivity index (χ4n) is 4.95. The summed E-state index contributed by atoms with van der Waals surface area (Å²) in [6.45, 7) is 2.06. The van der Waals surface area contributed by atoms with Gasteiger partial charge in [-0.05, 0) is 86.3 Å². The van der Waals surface area contributed by atoms with Crippen molar-refractivity contribution in [1.29, 1.82) is 0 Å². The highest BCUT2D eigenvalue weighted by Crippen LogP contribution is 2.30. The van der Waals surface area contributed by atoms with Gasteiger partial charge in [-0.1, -0.05) is 34.7 Å². The first-order valence-electron chi connectivity index (χ1n) is 14.4. The predicted molar refractivity (Wildman–Crippen MR) is 171 cm³/mol. The third-order valence-electron chi connectivity index (χ3n) is 7.21. The van der Waals surface area contributed by atoms with E-state index in [4.69, 9.17) is 18.3 Å². The summed E-state index contributed by atoms with van der Waals surface area (Å²) >= 11 is 2.21. The third kappa shape index (κ3) is 8.76. The van der Waals surface area contributed by atoms with E-state index < -0.39 is 5.97 Å². The van der Waals surface area contributed by atoms with Crippen molar-refractivity contribution >= 4 is 28.6 Å². The van der Waals surface area contributed by atoms with Crippen molar-refractivity contribution in [2.24, 2.45) is 0 Å². The average molecular weight is 729 g/mol. The lowest BCUT2D eigenvalue weighted by atomic mass is 9.94. The van der Waals surface area contributed by atoms with Crippen LogP contribution in [0.1, 0.15) is 53.0 Å². The van der Waals surface area contributed by atoms with Gasteiger partial charge in [0.05, 0.1) is 18.4 Å². The third-order valence-corrected chi connectivity index (χ3v) is 7.99. The second-order valence-electron chi connectivity index (χ2n) is 10.5. The van der Waals surface area contributed by atoms with E-state index in [0.717, 1.165) is 34.9 Å². The van der Waals surface area contributed by atoms with Crippen molar-refractivity contribution in [1.82, 2.24) is 9.97 Å². The Morgan fingerprint density at radius 2 is 1.47 bits per heavy atom. The summed E-state index contributed by atoms with van der Waals surface area (Å²) in [6, 6.07) is 17.3. The van der Waals surface area contributed by atoms with Crippen LogP contribution >= 0.6 is 22.6 Å². The van der Waals surface area contributed by atoms with Crippen molar-refractivity contribution in [2.45, 2.75) is 55.8 Å². The van der Waals surface area contributed by atoms with Crippen LogP contribution in [-0.2, 0) is 15.8 Å². The second kappa shape index (κ2) is 15.3. The zero-order valence-corrected chi connectivity index (χ0v) is 26.6. The maximum Gasteiger partial charge on any atom is 0.339 e. The van der Waals surface area contributed by atoms with Crippen LogP contribution in [0.5, 0.6) is 5.75 Å². The van der Waals surface area contributed by atoms with Gasteiger partial charge in [0.25, 0.3) is 0 Å². The highest BCUT2D eigenvalue weighted by atomic mass is 127. The molecule has 3 aromatic carbocycles. The monoisotopic (exact) mass is 728 g/mol. The molecule has 8 nitrogen and oxygen atoms in total. The standard InChI is InChI=1S/C24H24FNO5.C10H7FINO/c1-15-4-2-7-21(22(15)24(27)28)31-20-6-3-5-19(12-20)29-13-18-14-30-23(26-18)16-8-10-17(25)11-9-16;11-8-3-1-7(2-4-8)10-13-9(5-12)6-14-10/h2,4,7-11,14,19-20H,3,5-6,12-13H2,1H3,(H,27,28);1-4,6H,5H2/t19-,20+;/m0./s1. The summed E-state index contributed by atoms with van der Waals surface area (Å²) in [5.41, 5.74) is 3.94. The normalized spacial score (nSPS) is 16.1. The molecule has 1 saturated carbocycles. The van der Waals surface area contributed by atoms with Crippen LogP contribution in [0.4, 0.5) is 8.78 Å². The molecule has 2 aromatic heterocycles. The minimum Gasteiger partial charge on any atom is -0.489 e. The number of carboxylic acid groups (broad SMARTS) is 1. The van der Waals surface area contributed by atoms with E-state index in [1.165, 1.54) is 24.3 Å². The number of aromatic nitrogens is 2. The van der Waals surface area contributed by atoms with Gasteiger partial charge in [-0.15, -0.1) is 0 Å². The van der Waals surface area contributed by atoms with Gasteiger partial charge in [0.2, 0.25) is 11.8 Å². The van der Waals surface area contributed by atoms with E-state index >= 15 is 0 Å². The molecule has 0 unspecified atom stereocenters. The summed E-state index contributed by atoms with van der Waals surface area (Å²) in [5.74, 6) is -0.192. The van der Waals surface area contributed by atoms with Crippen LogP contribution in [0.2, 0.25) is 0 Å². The number of alkyl halides is 1. The van der Waals surface area contributed by atoms with Crippen LogP contribution in [0.25, 0.3) is 22.9 Å². The highest BCUT2D eigenvalue weighted by Gasteiger charge is 2.26. The van der Waals surface area contributed by atoms with E-state index in [-0.39, 0.29) is 29.4 Å². The Kier molecular flexibility index (Phi) is 11.0. The molecule has 1 fully saturated rings. The summed E-state index contributed by atoms with van der Waals surface area (Å²) in [4.78, 5) is 20.2. The van der Waals surface area contributed by atoms with Gasteiger partial charge in [0, 0.05) is 22.0 Å². The quantitative estimate of drug-likeness (QED) is 0.119. The fraction of sp³-hybridized carbons (Fsp3) is 0.265. The molecule has 0 spiro atoms. The van der Waals surface area contributed by atoms with Crippen molar-refractivity contribution in [3.05, 3.63) is 113 Å². The molecule has 1 aliphatic carbocycles. The summed E-state index contributed by atoms with van der Waals surface area (Å²) < 4.78 is 49.3. The number of benzene rings is 3. The number of aromatic carboxylic acids is 1. The molecule has 234 valence electrons. The molecule has 2 heterocycles. The van der Waals surface area contributed by atoms with Crippen molar-refractivity contribution < 1.29 is 37.0 Å². The fourth-order valence-corrected chi connectivity index (χ4v) is 5.30. The molecular formula is C34H31F2IN2O6. The van der Waals surface area contributed by atoms with Crippen LogP contribution in [-0.4, -0.2) is 33.3 Å². The number of nitrogens with zero attached hydrogens (tertiary/aromatic N) is 2. The van der Waals surface area contributed by atoms with Crippen LogP contribution in [0, 0.1) is 18.6 Å². The van der Waals surface area contributed by atoms with E-state index in [1.54, 1.807) is 61.9 Å². The maximum atomic E-state index is 13.1. The number of halogens is 3. The van der Waals surface area contributed by atoms with E-state index in [9.17, 15) is 18.7 Å². The summed E-state index contributed by atoms with van der Waals surface area (Å²) in [5, 5.41) is 9.50. The number of aryl methyl sites for hydroxylation is 1. The van der Waals surface area contributed by atoms with Gasteiger partial charge in [-0.25, -0.2) is 23.5 Å². The van der Waals surface area contributed by atoms with E-state index in [1.807, 2.05) is 0 Å². The lowest BCUT2D eigenvalue weighted by Crippen LogP contribution is -2.30. The molecule has 0 amide bonds. The van der Waals surface area contributed by atoms with E-state index in [2.05, 4.69) is 32.6 Å². The molecule has 0 saturated heterocycles. The van der Waals surface area contributed by atoms with Gasteiger partial charge in [-0.2, -0.15) is 0 Å². The first kappa shape index (κ1) is 32.3. The lowest BCUT2D eigenvalue weighted by molar-refractivity contribution is -0.0176. The maximum absolute atomic E-state index is 13.1. The Bertz CT molecular complexity index is 1700. The molecule has 0 aliphatic heterocycles. The summed E-state index contributed by atoms with van der Waals surface area (Å²) in [6.07, 6.45) is 6.41. The van der Waals surface area contributed by atoms with Gasteiger partial charge >= 0.3 is 5.97 Å². The number of hydrogen-bond donors (Lipinski definition) is 1. The molecule has 1 N–H and O–H groups in total. The first-order valence-corrected chi connectivity index (χ1v) is 15.9. The molecule has 45 heavy (non-hydrogen) atoms. The van der Waals surface area contributed by atoms with Crippen LogP contribution in [0.15, 0.2) is 88.1 Å².